The Hall–Kier alpha value is -3.45. The van der Waals surface area contributed by atoms with Gasteiger partial charge in [-0.15, -0.1) is 0 Å². The van der Waals surface area contributed by atoms with Crippen LogP contribution in [0.3, 0.4) is 0 Å². The molecule has 5 rings (SSSR count). The minimum atomic E-state index is -0.0663. The monoisotopic (exact) mass is 417 g/mol. The Morgan fingerprint density at radius 2 is 2.00 bits per heavy atom. The molecule has 1 aliphatic heterocycles. The molecular weight excluding hydrogens is 398 g/mol. The Morgan fingerprint density at radius 1 is 1.13 bits per heavy atom. The second-order valence-electron chi connectivity index (χ2n) is 7.24. The van der Waals surface area contributed by atoms with E-state index >= 15 is 0 Å². The third-order valence-corrected chi connectivity index (χ3v) is 5.44. The Bertz CT molecular complexity index is 1380. The topological polar surface area (TPSA) is 90.9 Å². The zero-order valence-corrected chi connectivity index (χ0v) is 17.3. The van der Waals surface area contributed by atoms with E-state index in [1.54, 1.807) is 6.33 Å². The molecule has 1 aromatic carbocycles. The van der Waals surface area contributed by atoms with Crippen LogP contribution in [0.1, 0.15) is 24.2 Å². The molecule has 3 aromatic heterocycles. The summed E-state index contributed by atoms with van der Waals surface area (Å²) in [6, 6.07) is 13.8. The van der Waals surface area contributed by atoms with Crippen LogP contribution in [0, 0.1) is 6.92 Å². The Kier molecular flexibility index (Phi) is 4.59. The molecule has 0 aliphatic carbocycles. The smallest absolute Gasteiger partial charge is 0.158 e. The minimum absolute atomic E-state index is 0.0663. The summed E-state index contributed by atoms with van der Waals surface area (Å²) in [4.78, 5) is 21.5. The number of halogens is 1. The molecule has 0 fully saturated rings. The number of benzene rings is 1. The van der Waals surface area contributed by atoms with Gasteiger partial charge >= 0.3 is 0 Å². The van der Waals surface area contributed by atoms with Crippen molar-refractivity contribution >= 4 is 28.3 Å². The normalized spacial score (nSPS) is 14.0. The summed E-state index contributed by atoms with van der Waals surface area (Å²) >= 11 is 6.44. The van der Waals surface area contributed by atoms with Crippen LogP contribution in [0.5, 0.6) is 0 Å². The van der Waals surface area contributed by atoms with Gasteiger partial charge in [0.25, 0.3) is 0 Å². The molecule has 3 N–H and O–H groups in total. The standard InChI is InChI=1S/C22H20ClN7/c1-12-5-3-8-17(28-12)19-15(9-14-6-4-7-16(23)18(14)30-19)13(2)29-22-20-21(25-10-24-20)26-11-27-22/h3-10,13,27,29H,11H2,1-2H3,(H,24,25,26)/t13-/m0/s1. The van der Waals surface area contributed by atoms with E-state index in [1.165, 1.54) is 0 Å². The van der Waals surface area contributed by atoms with Gasteiger partial charge in [-0.3, -0.25) is 4.98 Å². The molecule has 0 radical (unpaired) electrons. The van der Waals surface area contributed by atoms with E-state index in [9.17, 15) is 0 Å². The number of aromatic nitrogens is 4. The van der Waals surface area contributed by atoms with Crippen molar-refractivity contribution in [1.29, 1.82) is 0 Å². The summed E-state index contributed by atoms with van der Waals surface area (Å²) in [6.45, 7) is 4.56. The Labute approximate surface area is 178 Å². The first-order chi connectivity index (χ1) is 14.6. The number of para-hydroxylation sites is 1. The highest BCUT2D eigenvalue weighted by Gasteiger charge is 2.19. The summed E-state index contributed by atoms with van der Waals surface area (Å²) in [5.41, 5.74) is 5.13. The van der Waals surface area contributed by atoms with Crippen LogP contribution in [-0.2, 0) is 0 Å². The van der Waals surface area contributed by atoms with Crippen LogP contribution in [0.25, 0.3) is 28.1 Å². The molecule has 1 aliphatic rings. The van der Waals surface area contributed by atoms with E-state index in [1.807, 2.05) is 43.3 Å². The summed E-state index contributed by atoms with van der Waals surface area (Å²) in [7, 11) is 0. The van der Waals surface area contributed by atoms with Gasteiger partial charge in [-0.2, -0.15) is 0 Å². The van der Waals surface area contributed by atoms with Gasteiger partial charge in [0, 0.05) is 16.6 Å². The largest absolute Gasteiger partial charge is 0.363 e. The van der Waals surface area contributed by atoms with Crippen molar-refractivity contribution in [1.82, 2.24) is 30.6 Å². The molecule has 30 heavy (non-hydrogen) atoms. The van der Waals surface area contributed by atoms with Gasteiger partial charge in [-0.25, -0.2) is 15.0 Å². The van der Waals surface area contributed by atoms with Crippen LogP contribution in [-0.4, -0.2) is 26.6 Å². The van der Waals surface area contributed by atoms with E-state index < -0.39 is 0 Å². The van der Waals surface area contributed by atoms with Crippen molar-refractivity contribution in [3.8, 4) is 11.4 Å². The van der Waals surface area contributed by atoms with E-state index in [0.29, 0.717) is 11.7 Å². The van der Waals surface area contributed by atoms with Gasteiger partial charge in [0.2, 0.25) is 0 Å². The summed E-state index contributed by atoms with van der Waals surface area (Å²) in [6.07, 6.45) is 1.65. The molecule has 4 heterocycles. The van der Waals surface area contributed by atoms with Gasteiger partial charge in [0.1, 0.15) is 17.8 Å². The molecule has 0 amide bonds. The lowest BCUT2D eigenvalue weighted by molar-refractivity contribution is 0.646. The van der Waals surface area contributed by atoms with Crippen molar-refractivity contribution in [2.45, 2.75) is 19.9 Å². The lowest BCUT2D eigenvalue weighted by atomic mass is 10.0. The van der Waals surface area contributed by atoms with Crippen molar-refractivity contribution < 1.29 is 0 Å². The molecule has 8 heteroatoms. The molecular formula is C22H20ClN7. The van der Waals surface area contributed by atoms with Crippen molar-refractivity contribution in [3.63, 3.8) is 0 Å². The second-order valence-corrected chi connectivity index (χ2v) is 7.64. The maximum Gasteiger partial charge on any atom is 0.158 e. The van der Waals surface area contributed by atoms with E-state index in [0.717, 1.165) is 50.2 Å². The lowest BCUT2D eigenvalue weighted by Crippen LogP contribution is -2.44. The molecule has 1 atom stereocenters. The quantitative estimate of drug-likeness (QED) is 0.474. The number of hydrogen-bond donors (Lipinski definition) is 3. The second kappa shape index (κ2) is 7.42. The van der Waals surface area contributed by atoms with Crippen LogP contribution in [0.4, 0.5) is 0 Å². The SMILES string of the molecule is Cc1cccc(-c2nc3c(Cl)cccc3cc2[C@H](C)NC2=c3nc[nH]c3=NCN2)n1. The molecule has 150 valence electrons. The number of H-pyrrole nitrogens is 1. The highest BCUT2D eigenvalue weighted by Crippen LogP contribution is 2.32. The van der Waals surface area contributed by atoms with Crippen LogP contribution < -0.4 is 21.5 Å². The molecule has 0 saturated heterocycles. The third kappa shape index (κ3) is 3.27. The lowest BCUT2D eigenvalue weighted by Gasteiger charge is -2.22. The van der Waals surface area contributed by atoms with Gasteiger partial charge in [0.05, 0.1) is 34.3 Å². The number of aryl methyl sites for hydroxylation is 1. The van der Waals surface area contributed by atoms with Crippen molar-refractivity contribution in [3.05, 3.63) is 75.9 Å². The number of pyridine rings is 2. The van der Waals surface area contributed by atoms with Gasteiger partial charge < -0.3 is 15.6 Å². The minimum Gasteiger partial charge on any atom is -0.363 e. The van der Waals surface area contributed by atoms with Crippen LogP contribution in [0.15, 0.2) is 53.8 Å². The molecule has 7 nitrogen and oxygen atoms in total. The van der Waals surface area contributed by atoms with Gasteiger partial charge in [0.15, 0.2) is 5.49 Å². The summed E-state index contributed by atoms with van der Waals surface area (Å²) < 4.78 is 0. The highest BCUT2D eigenvalue weighted by atomic mass is 35.5. The van der Waals surface area contributed by atoms with E-state index in [2.05, 4.69) is 38.6 Å². The molecule has 0 spiro atoms. The maximum absolute atomic E-state index is 6.44. The fourth-order valence-electron chi connectivity index (χ4n) is 3.67. The number of hydrogen-bond acceptors (Lipinski definition) is 6. The van der Waals surface area contributed by atoms with E-state index in [4.69, 9.17) is 21.6 Å². The highest BCUT2D eigenvalue weighted by molar-refractivity contribution is 6.35. The third-order valence-electron chi connectivity index (χ3n) is 5.13. The number of nitrogens with zero attached hydrogens (tertiary/aromatic N) is 4. The summed E-state index contributed by atoms with van der Waals surface area (Å²) in [5, 5.41) is 9.21. The first kappa shape index (κ1) is 18.6. The molecule has 0 saturated carbocycles. The fourth-order valence-corrected chi connectivity index (χ4v) is 3.90. The van der Waals surface area contributed by atoms with Crippen LogP contribution >= 0.6 is 11.6 Å². The number of imidazole rings is 1. The zero-order valence-electron chi connectivity index (χ0n) is 16.6. The molecule has 4 aromatic rings. The first-order valence-electron chi connectivity index (χ1n) is 9.72. The van der Waals surface area contributed by atoms with Gasteiger partial charge in [-0.05, 0) is 38.1 Å². The average Bonchev–Trinajstić information content (AvgIpc) is 3.23. The molecule has 0 unspecified atom stereocenters. The maximum atomic E-state index is 6.44. The summed E-state index contributed by atoms with van der Waals surface area (Å²) in [5.74, 6) is 0.836. The van der Waals surface area contributed by atoms with Gasteiger partial charge in [-0.1, -0.05) is 29.8 Å². The number of fused-ring (bicyclic) bond motifs is 2. The fraction of sp³-hybridized carbons (Fsp3) is 0.182. The zero-order chi connectivity index (χ0) is 20.7. The van der Waals surface area contributed by atoms with Crippen molar-refractivity contribution in [2.24, 2.45) is 4.99 Å². The predicted octanol–water partition coefficient (Wildman–Crippen LogP) is 2.58. The number of rotatable bonds is 4. The first-order valence-corrected chi connectivity index (χ1v) is 10.1. The number of aromatic amines is 1. The predicted molar refractivity (Wildman–Crippen MR) is 117 cm³/mol. The Balaban J connectivity index is 1.67. The average molecular weight is 418 g/mol. The Morgan fingerprint density at radius 3 is 2.87 bits per heavy atom. The molecule has 0 bridgehead atoms. The van der Waals surface area contributed by atoms with E-state index in [-0.39, 0.29) is 6.04 Å². The van der Waals surface area contributed by atoms with Crippen LogP contribution in [0.2, 0.25) is 5.02 Å². The van der Waals surface area contributed by atoms with Crippen molar-refractivity contribution in [2.75, 3.05) is 6.67 Å². The number of nitrogens with one attached hydrogen (secondary N) is 3.